The molecule has 1 fully saturated rings. The third-order valence-electron chi connectivity index (χ3n) is 5.14. The fraction of sp³-hybridized carbons (Fsp3) is 0.524. The smallest absolute Gasteiger partial charge is 0.227 e. The zero-order valence-electron chi connectivity index (χ0n) is 16.1. The zero-order valence-corrected chi connectivity index (χ0v) is 16.1. The minimum atomic E-state index is -0.269. The van der Waals surface area contributed by atoms with Crippen molar-refractivity contribution in [3.05, 3.63) is 48.3 Å². The van der Waals surface area contributed by atoms with Gasteiger partial charge in [-0.3, -0.25) is 4.79 Å². The SMILES string of the molecule is CCc1nccn1C[C@H](C)C(=O)N1CCC[C@H](COc2ccc(F)cc2)C1. The molecule has 1 saturated heterocycles. The van der Waals surface area contributed by atoms with Crippen LogP contribution >= 0.6 is 0 Å². The first-order valence-electron chi connectivity index (χ1n) is 9.74. The molecule has 0 spiro atoms. The van der Waals surface area contributed by atoms with Gasteiger partial charge < -0.3 is 14.2 Å². The van der Waals surface area contributed by atoms with Crippen LogP contribution in [0.4, 0.5) is 4.39 Å². The first-order chi connectivity index (χ1) is 13.1. The van der Waals surface area contributed by atoms with E-state index in [2.05, 4.69) is 16.5 Å². The van der Waals surface area contributed by atoms with Crippen LogP contribution in [0.25, 0.3) is 0 Å². The van der Waals surface area contributed by atoms with Gasteiger partial charge in [0.2, 0.25) is 5.91 Å². The number of hydrogen-bond donors (Lipinski definition) is 0. The molecule has 1 aliphatic heterocycles. The third kappa shape index (κ3) is 5.08. The number of halogens is 1. The van der Waals surface area contributed by atoms with Gasteiger partial charge in [0.15, 0.2) is 0 Å². The van der Waals surface area contributed by atoms with E-state index >= 15 is 0 Å². The van der Waals surface area contributed by atoms with E-state index in [1.54, 1.807) is 18.3 Å². The Morgan fingerprint density at radius 2 is 2.15 bits per heavy atom. The number of benzene rings is 1. The Morgan fingerprint density at radius 1 is 1.37 bits per heavy atom. The molecule has 0 saturated carbocycles. The number of likely N-dealkylation sites (tertiary alicyclic amines) is 1. The standard InChI is InChI=1S/C21H28FN3O2/c1-3-20-23-10-12-24(20)13-16(2)21(26)25-11-4-5-17(14-25)15-27-19-8-6-18(22)7-9-19/h6-10,12,16-17H,3-5,11,13-15H2,1-2H3/t16-,17-/m0/s1. The first kappa shape index (κ1) is 19.4. The van der Waals surface area contributed by atoms with Crippen molar-refractivity contribution in [3.63, 3.8) is 0 Å². The molecular formula is C21H28FN3O2. The Bertz CT molecular complexity index is 744. The molecule has 0 N–H and O–H groups in total. The summed E-state index contributed by atoms with van der Waals surface area (Å²) in [6.07, 6.45) is 6.63. The van der Waals surface area contributed by atoms with Crippen LogP contribution in [-0.4, -0.2) is 40.1 Å². The minimum absolute atomic E-state index is 0.0822. The molecule has 1 amide bonds. The highest BCUT2D eigenvalue weighted by molar-refractivity contribution is 5.78. The van der Waals surface area contributed by atoms with Gasteiger partial charge in [-0.05, 0) is 37.1 Å². The van der Waals surface area contributed by atoms with Crippen LogP contribution in [-0.2, 0) is 17.8 Å². The molecule has 2 aromatic rings. The first-order valence-corrected chi connectivity index (χ1v) is 9.74. The van der Waals surface area contributed by atoms with E-state index in [0.29, 0.717) is 24.8 Å². The second kappa shape index (κ2) is 9.02. The average Bonchev–Trinajstić information content (AvgIpc) is 3.14. The number of rotatable bonds is 7. The fourth-order valence-electron chi connectivity index (χ4n) is 3.65. The second-order valence-corrected chi connectivity index (χ2v) is 7.31. The maximum absolute atomic E-state index is 13.0. The summed E-state index contributed by atoms with van der Waals surface area (Å²) in [4.78, 5) is 19.2. The number of aryl methyl sites for hydroxylation is 1. The number of piperidine rings is 1. The van der Waals surface area contributed by atoms with Gasteiger partial charge in [0.05, 0.1) is 12.5 Å². The third-order valence-corrected chi connectivity index (χ3v) is 5.14. The van der Waals surface area contributed by atoms with Crippen LogP contribution in [0, 0.1) is 17.7 Å². The summed E-state index contributed by atoms with van der Waals surface area (Å²) in [6.45, 7) is 6.79. The van der Waals surface area contributed by atoms with Gasteiger partial charge in [-0.2, -0.15) is 0 Å². The number of carbonyl (C=O) groups excluding carboxylic acids is 1. The quantitative estimate of drug-likeness (QED) is 0.746. The van der Waals surface area contributed by atoms with Gasteiger partial charge in [0.1, 0.15) is 17.4 Å². The van der Waals surface area contributed by atoms with Crippen molar-refractivity contribution in [1.82, 2.24) is 14.5 Å². The van der Waals surface area contributed by atoms with Crippen LogP contribution in [0.15, 0.2) is 36.7 Å². The normalized spacial score (nSPS) is 18.3. The molecule has 1 aromatic carbocycles. The highest BCUT2D eigenvalue weighted by atomic mass is 19.1. The van der Waals surface area contributed by atoms with E-state index in [0.717, 1.165) is 38.2 Å². The summed E-state index contributed by atoms with van der Waals surface area (Å²) >= 11 is 0. The maximum Gasteiger partial charge on any atom is 0.227 e. The number of hydrogen-bond acceptors (Lipinski definition) is 3. The topological polar surface area (TPSA) is 47.4 Å². The van der Waals surface area contributed by atoms with Gasteiger partial charge in [-0.1, -0.05) is 13.8 Å². The molecule has 0 bridgehead atoms. The van der Waals surface area contributed by atoms with E-state index in [9.17, 15) is 9.18 Å². The van der Waals surface area contributed by atoms with Crippen molar-refractivity contribution in [2.45, 2.75) is 39.7 Å². The van der Waals surface area contributed by atoms with Crippen molar-refractivity contribution >= 4 is 5.91 Å². The molecule has 2 heterocycles. The summed E-state index contributed by atoms with van der Waals surface area (Å²) in [5, 5.41) is 0. The molecule has 3 rings (SSSR count). The number of nitrogens with zero attached hydrogens (tertiary/aromatic N) is 3. The largest absolute Gasteiger partial charge is 0.493 e. The Morgan fingerprint density at radius 3 is 2.89 bits per heavy atom. The fourth-order valence-corrected chi connectivity index (χ4v) is 3.65. The highest BCUT2D eigenvalue weighted by Gasteiger charge is 2.27. The van der Waals surface area contributed by atoms with Crippen LogP contribution in [0.2, 0.25) is 0 Å². The summed E-state index contributed by atoms with van der Waals surface area (Å²) < 4.78 is 20.8. The number of ether oxygens (including phenoxy) is 1. The molecule has 146 valence electrons. The van der Waals surface area contributed by atoms with Crippen molar-refractivity contribution < 1.29 is 13.9 Å². The van der Waals surface area contributed by atoms with Gasteiger partial charge in [-0.15, -0.1) is 0 Å². The molecule has 5 nitrogen and oxygen atoms in total. The molecule has 0 radical (unpaired) electrons. The van der Waals surface area contributed by atoms with E-state index in [4.69, 9.17) is 4.74 Å². The average molecular weight is 373 g/mol. The molecule has 0 unspecified atom stereocenters. The lowest BCUT2D eigenvalue weighted by atomic mass is 9.97. The van der Waals surface area contributed by atoms with Gasteiger partial charge in [0, 0.05) is 44.4 Å². The predicted molar refractivity (Wildman–Crippen MR) is 102 cm³/mol. The maximum atomic E-state index is 13.0. The summed E-state index contributed by atoms with van der Waals surface area (Å²) in [7, 11) is 0. The van der Waals surface area contributed by atoms with Crippen molar-refractivity contribution in [3.8, 4) is 5.75 Å². The highest BCUT2D eigenvalue weighted by Crippen LogP contribution is 2.21. The van der Waals surface area contributed by atoms with Gasteiger partial charge in [-0.25, -0.2) is 9.37 Å². The minimum Gasteiger partial charge on any atom is -0.493 e. The van der Waals surface area contributed by atoms with Crippen molar-refractivity contribution in [1.29, 1.82) is 0 Å². The Hall–Kier alpha value is -2.37. The Balaban J connectivity index is 1.51. The molecule has 27 heavy (non-hydrogen) atoms. The number of imidazole rings is 1. The van der Waals surface area contributed by atoms with E-state index in [-0.39, 0.29) is 17.6 Å². The van der Waals surface area contributed by atoms with E-state index < -0.39 is 0 Å². The Labute approximate surface area is 160 Å². The van der Waals surface area contributed by atoms with Crippen LogP contribution in [0.1, 0.15) is 32.5 Å². The molecule has 6 heteroatoms. The van der Waals surface area contributed by atoms with Gasteiger partial charge >= 0.3 is 0 Å². The lowest BCUT2D eigenvalue weighted by molar-refractivity contribution is -0.137. The van der Waals surface area contributed by atoms with Crippen LogP contribution in [0.5, 0.6) is 5.75 Å². The lowest BCUT2D eigenvalue weighted by Gasteiger charge is -2.34. The molecule has 1 aromatic heterocycles. The summed E-state index contributed by atoms with van der Waals surface area (Å²) in [5.74, 6) is 1.83. The second-order valence-electron chi connectivity index (χ2n) is 7.31. The lowest BCUT2D eigenvalue weighted by Crippen LogP contribution is -2.44. The van der Waals surface area contributed by atoms with Crippen molar-refractivity contribution in [2.75, 3.05) is 19.7 Å². The monoisotopic (exact) mass is 373 g/mol. The number of aromatic nitrogens is 2. The van der Waals surface area contributed by atoms with E-state index in [1.807, 2.05) is 18.0 Å². The zero-order chi connectivity index (χ0) is 19.2. The summed E-state index contributed by atoms with van der Waals surface area (Å²) in [5.41, 5.74) is 0. The Kier molecular flexibility index (Phi) is 6.48. The molecular weight excluding hydrogens is 345 g/mol. The predicted octanol–water partition coefficient (Wildman–Crippen LogP) is 3.54. The van der Waals surface area contributed by atoms with E-state index in [1.165, 1.54) is 12.1 Å². The summed E-state index contributed by atoms with van der Waals surface area (Å²) in [6, 6.07) is 6.07. The number of amides is 1. The van der Waals surface area contributed by atoms with Crippen molar-refractivity contribution in [2.24, 2.45) is 11.8 Å². The van der Waals surface area contributed by atoms with Gasteiger partial charge in [0.25, 0.3) is 0 Å². The van der Waals surface area contributed by atoms with Crippen LogP contribution < -0.4 is 4.74 Å². The molecule has 1 aliphatic rings. The van der Waals surface area contributed by atoms with Crippen LogP contribution in [0.3, 0.4) is 0 Å². The molecule has 2 atom stereocenters. The molecule has 0 aliphatic carbocycles. The number of carbonyl (C=O) groups is 1.